The highest BCUT2D eigenvalue weighted by Gasteiger charge is 2.23. The number of hydroxylamine groups is 1. The average Bonchev–Trinajstić information content (AvgIpc) is 3.42. The van der Waals surface area contributed by atoms with E-state index in [-0.39, 0.29) is 22.0 Å². The fraction of sp³-hybridized carbons (Fsp3) is 0.120. The van der Waals surface area contributed by atoms with Crippen LogP contribution in [0, 0.1) is 6.92 Å². The second-order valence-electron chi connectivity index (χ2n) is 7.67. The van der Waals surface area contributed by atoms with Crippen molar-refractivity contribution in [2.24, 2.45) is 0 Å². The molecule has 0 aliphatic heterocycles. The molecule has 0 atom stereocenters. The van der Waals surface area contributed by atoms with Crippen molar-refractivity contribution in [2.45, 2.75) is 23.4 Å². The summed E-state index contributed by atoms with van der Waals surface area (Å²) in [4.78, 5) is 16.7. The summed E-state index contributed by atoms with van der Waals surface area (Å²) in [5, 5.41) is 16.3. The first-order valence-corrected chi connectivity index (χ1v) is 13.0. The zero-order chi connectivity index (χ0) is 25.0. The van der Waals surface area contributed by atoms with Gasteiger partial charge in [-0.05, 0) is 82.9 Å². The van der Waals surface area contributed by atoms with Crippen LogP contribution in [0.3, 0.4) is 0 Å². The molecule has 180 valence electrons. The number of benzene rings is 2. The molecule has 0 saturated heterocycles. The fourth-order valence-electron chi connectivity index (χ4n) is 3.71. The van der Waals surface area contributed by atoms with Gasteiger partial charge in [-0.3, -0.25) is 10.0 Å². The first-order valence-electron chi connectivity index (χ1n) is 10.5. The summed E-state index contributed by atoms with van der Waals surface area (Å²) in [5.74, 6) is -0.132. The molecule has 2 aromatic heterocycles. The van der Waals surface area contributed by atoms with Crippen molar-refractivity contribution in [3.63, 3.8) is 0 Å². The minimum atomic E-state index is -3.90. The van der Waals surface area contributed by atoms with Gasteiger partial charge in [0.1, 0.15) is 5.75 Å². The first kappa shape index (κ1) is 24.4. The molecule has 35 heavy (non-hydrogen) atoms. The van der Waals surface area contributed by atoms with E-state index < -0.39 is 15.7 Å². The van der Waals surface area contributed by atoms with Gasteiger partial charge in [0.05, 0.1) is 23.3 Å². The minimum Gasteiger partial charge on any atom is -0.497 e. The van der Waals surface area contributed by atoms with Gasteiger partial charge in [0.2, 0.25) is 9.84 Å². The van der Waals surface area contributed by atoms with Gasteiger partial charge in [-0.25, -0.2) is 18.9 Å². The topological polar surface area (TPSA) is 118 Å². The lowest BCUT2D eigenvalue weighted by atomic mass is 9.99. The number of aryl methyl sites for hydroxylation is 1. The van der Waals surface area contributed by atoms with E-state index in [4.69, 9.17) is 4.74 Å². The molecule has 1 amide bonds. The summed E-state index contributed by atoms with van der Waals surface area (Å²) < 4.78 is 31.7. The lowest BCUT2D eigenvalue weighted by molar-refractivity contribution is 0.0707. The summed E-state index contributed by atoms with van der Waals surface area (Å²) in [6, 6.07) is 15.0. The fourth-order valence-corrected chi connectivity index (χ4v) is 5.77. The van der Waals surface area contributed by atoms with Crippen molar-refractivity contribution in [1.29, 1.82) is 0 Å². The molecular weight excluding hydrogens is 486 g/mol. The van der Waals surface area contributed by atoms with Crippen LogP contribution in [0.25, 0.3) is 11.1 Å². The van der Waals surface area contributed by atoms with E-state index in [0.717, 1.165) is 16.7 Å². The quantitative estimate of drug-likeness (QED) is 0.233. The van der Waals surface area contributed by atoms with E-state index >= 15 is 0 Å². The lowest BCUT2D eigenvalue weighted by Gasteiger charge is -2.17. The number of sulfone groups is 1. The summed E-state index contributed by atoms with van der Waals surface area (Å²) in [5.41, 5.74) is 5.38. The number of rotatable bonds is 8. The zero-order valence-corrected chi connectivity index (χ0v) is 20.6. The predicted molar refractivity (Wildman–Crippen MR) is 134 cm³/mol. The molecule has 0 fully saturated rings. The third-order valence-electron chi connectivity index (χ3n) is 5.47. The molecule has 2 aromatic carbocycles. The van der Waals surface area contributed by atoms with Crippen LogP contribution in [0.1, 0.15) is 21.5 Å². The average molecular weight is 510 g/mol. The monoisotopic (exact) mass is 509 g/mol. The van der Waals surface area contributed by atoms with Gasteiger partial charge < -0.3 is 10.1 Å². The number of ether oxygens (including phenoxy) is 1. The van der Waals surface area contributed by atoms with Crippen molar-refractivity contribution in [3.8, 4) is 16.9 Å². The third kappa shape index (κ3) is 5.04. The molecule has 8 nitrogen and oxygen atoms in total. The number of nitrogens with zero attached hydrogens (tertiary/aromatic N) is 1. The molecular formula is C25H23N3O5S2. The number of hydrogen-bond donors (Lipinski definition) is 3. The standard InChI is InChI=1S/C25H23N3O5S2/c1-16-12-19(18-9-11-34-15-18)13-22(24(29)28-30)23(16)27-14-17-4-3-10-26-25(17)35(31,32)21-7-5-20(33-2)6-8-21/h3-13,15,27,30H,14H2,1-2H3,(H,28,29). The largest absolute Gasteiger partial charge is 0.497 e. The number of hydrogen-bond acceptors (Lipinski definition) is 8. The van der Waals surface area contributed by atoms with Gasteiger partial charge in [-0.15, -0.1) is 0 Å². The van der Waals surface area contributed by atoms with Crippen molar-refractivity contribution < 1.29 is 23.2 Å². The van der Waals surface area contributed by atoms with Crippen molar-refractivity contribution in [2.75, 3.05) is 12.4 Å². The highest BCUT2D eigenvalue weighted by molar-refractivity contribution is 7.91. The maximum Gasteiger partial charge on any atom is 0.276 e. The normalized spacial score (nSPS) is 11.2. The lowest BCUT2D eigenvalue weighted by Crippen LogP contribution is -2.21. The molecule has 10 heteroatoms. The number of aromatic nitrogens is 1. The molecule has 4 aromatic rings. The highest BCUT2D eigenvalue weighted by Crippen LogP contribution is 2.31. The van der Waals surface area contributed by atoms with E-state index in [1.165, 1.54) is 36.8 Å². The van der Waals surface area contributed by atoms with Crippen molar-refractivity contribution in [1.82, 2.24) is 10.5 Å². The van der Waals surface area contributed by atoms with E-state index in [2.05, 4.69) is 10.3 Å². The summed E-state index contributed by atoms with van der Waals surface area (Å²) >= 11 is 1.54. The number of nitrogens with one attached hydrogen (secondary N) is 2. The number of pyridine rings is 1. The predicted octanol–water partition coefficient (Wildman–Crippen LogP) is 4.69. The second-order valence-corrected chi connectivity index (χ2v) is 10.3. The van der Waals surface area contributed by atoms with Gasteiger partial charge in [-0.1, -0.05) is 6.07 Å². The SMILES string of the molecule is COc1ccc(S(=O)(=O)c2ncccc2CNc2c(C)cc(-c3ccsc3)cc2C(=O)NO)cc1. The van der Waals surface area contributed by atoms with Crippen LogP contribution in [-0.2, 0) is 16.4 Å². The van der Waals surface area contributed by atoms with Gasteiger partial charge in [0.15, 0.2) is 5.03 Å². The molecule has 0 radical (unpaired) electrons. The number of amides is 1. The summed E-state index contributed by atoms with van der Waals surface area (Å²) in [7, 11) is -2.40. The maximum atomic E-state index is 13.3. The second kappa shape index (κ2) is 10.3. The number of carbonyl (C=O) groups excluding carboxylic acids is 1. The molecule has 0 bridgehead atoms. The Morgan fingerprint density at radius 2 is 1.89 bits per heavy atom. The molecule has 0 aliphatic rings. The van der Waals surface area contributed by atoms with Crippen molar-refractivity contribution >= 4 is 32.8 Å². The number of methoxy groups -OCH3 is 1. The van der Waals surface area contributed by atoms with Crippen LogP contribution >= 0.6 is 11.3 Å². The first-order chi connectivity index (χ1) is 16.8. The van der Waals surface area contributed by atoms with Gasteiger partial charge in [-0.2, -0.15) is 11.3 Å². The number of anilines is 1. The molecule has 0 aliphatic carbocycles. The molecule has 4 rings (SSSR count). The molecule has 0 spiro atoms. The molecule has 2 heterocycles. The maximum absolute atomic E-state index is 13.3. The third-order valence-corrected chi connectivity index (χ3v) is 7.92. The Morgan fingerprint density at radius 3 is 2.54 bits per heavy atom. The number of carbonyl (C=O) groups is 1. The Balaban J connectivity index is 1.68. The molecule has 0 unspecified atom stereocenters. The number of thiophene rings is 1. The van der Waals surface area contributed by atoms with Crippen molar-refractivity contribution in [3.05, 3.63) is 88.2 Å². The summed E-state index contributed by atoms with van der Waals surface area (Å²) in [6.45, 7) is 1.92. The van der Waals surface area contributed by atoms with Crippen LogP contribution in [0.15, 0.2) is 81.5 Å². The molecule has 0 saturated carbocycles. The van der Waals surface area contributed by atoms with E-state index in [0.29, 0.717) is 17.0 Å². The Hall–Kier alpha value is -3.73. The molecule has 3 N–H and O–H groups in total. The zero-order valence-electron chi connectivity index (χ0n) is 19.0. The van der Waals surface area contributed by atoms with Gasteiger partial charge in [0.25, 0.3) is 5.91 Å². The van der Waals surface area contributed by atoms with Crippen LogP contribution in [0.2, 0.25) is 0 Å². The minimum absolute atomic E-state index is 0.0848. The Morgan fingerprint density at radius 1 is 1.11 bits per heavy atom. The van der Waals surface area contributed by atoms with Crippen LogP contribution in [0.4, 0.5) is 5.69 Å². The van der Waals surface area contributed by atoms with E-state index in [1.807, 2.05) is 29.8 Å². The van der Waals surface area contributed by atoms with Crippen LogP contribution < -0.4 is 15.5 Å². The van der Waals surface area contributed by atoms with E-state index in [9.17, 15) is 18.4 Å². The van der Waals surface area contributed by atoms with Crippen LogP contribution in [-0.4, -0.2) is 31.6 Å². The van der Waals surface area contributed by atoms with Gasteiger partial charge in [0, 0.05) is 18.3 Å². The Kier molecular flexibility index (Phi) is 7.15. The van der Waals surface area contributed by atoms with Crippen LogP contribution in [0.5, 0.6) is 5.75 Å². The van der Waals surface area contributed by atoms with E-state index in [1.54, 1.807) is 35.8 Å². The smallest absolute Gasteiger partial charge is 0.276 e. The Bertz CT molecular complexity index is 1450. The highest BCUT2D eigenvalue weighted by atomic mass is 32.2. The van der Waals surface area contributed by atoms with Gasteiger partial charge >= 0.3 is 0 Å². The summed E-state index contributed by atoms with van der Waals surface area (Å²) in [6.07, 6.45) is 1.42. The Labute approximate surface area is 207 Å².